The fourth-order valence-electron chi connectivity index (χ4n) is 4.16. The molecule has 0 spiro atoms. The number of carbonyl (C=O) groups excluding carboxylic acids is 3. The molecule has 1 aromatic carbocycles. The summed E-state index contributed by atoms with van der Waals surface area (Å²) in [7, 11) is 0. The highest BCUT2D eigenvalue weighted by Gasteiger charge is 2.31. The summed E-state index contributed by atoms with van der Waals surface area (Å²) in [5.41, 5.74) is 7.77. The maximum atomic E-state index is 13.5. The van der Waals surface area contributed by atoms with Crippen LogP contribution < -0.4 is 21.7 Å². The molecule has 4 atom stereocenters. The van der Waals surface area contributed by atoms with Crippen LogP contribution in [-0.2, 0) is 32.0 Å². The molecule has 3 rings (SSSR count). The van der Waals surface area contributed by atoms with E-state index in [9.17, 15) is 29.4 Å². The maximum Gasteiger partial charge on any atom is 0.326 e. The lowest BCUT2D eigenvalue weighted by molar-refractivity contribution is -0.142. The van der Waals surface area contributed by atoms with Gasteiger partial charge in [-0.1, -0.05) is 32.0 Å². The van der Waals surface area contributed by atoms with Crippen LogP contribution in [0.2, 0.25) is 0 Å². The summed E-state index contributed by atoms with van der Waals surface area (Å²) >= 11 is 0. The average Bonchev–Trinajstić information content (AvgIpc) is 3.56. The van der Waals surface area contributed by atoms with Crippen LogP contribution in [-0.4, -0.2) is 79.6 Å². The smallest absolute Gasteiger partial charge is 0.326 e. The summed E-state index contributed by atoms with van der Waals surface area (Å²) in [6.07, 6.45) is 4.87. The van der Waals surface area contributed by atoms with Crippen LogP contribution in [0.5, 0.6) is 0 Å². The van der Waals surface area contributed by atoms with Crippen LogP contribution >= 0.6 is 0 Å². The number of hydrogen-bond acceptors (Lipinski definition) is 7. The van der Waals surface area contributed by atoms with Crippen molar-refractivity contribution in [1.29, 1.82) is 0 Å². The summed E-state index contributed by atoms with van der Waals surface area (Å²) < 4.78 is 0. The zero-order chi connectivity index (χ0) is 28.5. The lowest BCUT2D eigenvalue weighted by atomic mass is 10.00. The number of para-hydroxylation sites is 1. The van der Waals surface area contributed by atoms with Crippen molar-refractivity contribution >= 4 is 34.6 Å². The standard InChI is InChI=1S/C26H35N7O6/c1-14(2)7-20(24(36)33-22(26(38)39)9-16-11-28-13-30-16)32-25(37)21(31-23(35)18(27)12-34)8-15-10-29-19-6-4-3-5-17(15)19/h3-6,10-11,13-14,18,20-22,29,34H,7-9,12,27H2,1-2H3,(H,28,30)(H,31,35)(H,32,37)(H,33,36)(H,38,39). The van der Waals surface area contributed by atoms with Gasteiger partial charge in [-0.05, 0) is 24.0 Å². The minimum Gasteiger partial charge on any atom is -0.480 e. The fourth-order valence-corrected chi connectivity index (χ4v) is 4.16. The van der Waals surface area contributed by atoms with Gasteiger partial charge >= 0.3 is 5.97 Å². The molecular weight excluding hydrogens is 506 g/mol. The van der Waals surface area contributed by atoms with Crippen LogP contribution in [0.1, 0.15) is 31.5 Å². The van der Waals surface area contributed by atoms with Crippen LogP contribution in [0.3, 0.4) is 0 Å². The lowest BCUT2D eigenvalue weighted by Gasteiger charge is -2.26. The fraction of sp³-hybridized carbons (Fsp3) is 0.423. The molecule has 0 saturated heterocycles. The van der Waals surface area contributed by atoms with Gasteiger partial charge < -0.3 is 41.9 Å². The molecule has 0 aliphatic rings. The minimum atomic E-state index is -1.26. The van der Waals surface area contributed by atoms with E-state index in [1.165, 1.54) is 12.5 Å². The van der Waals surface area contributed by atoms with Gasteiger partial charge in [0.05, 0.1) is 12.9 Å². The molecule has 9 N–H and O–H groups in total. The Morgan fingerprint density at radius 1 is 0.949 bits per heavy atom. The molecule has 13 nitrogen and oxygen atoms in total. The molecule has 39 heavy (non-hydrogen) atoms. The largest absolute Gasteiger partial charge is 0.480 e. The number of nitrogens with zero attached hydrogens (tertiary/aromatic N) is 1. The van der Waals surface area contributed by atoms with Gasteiger partial charge in [0.25, 0.3) is 0 Å². The topological polar surface area (TPSA) is 215 Å². The van der Waals surface area contributed by atoms with E-state index >= 15 is 0 Å². The van der Waals surface area contributed by atoms with E-state index in [-0.39, 0.29) is 25.2 Å². The highest BCUT2D eigenvalue weighted by atomic mass is 16.4. The quantitative estimate of drug-likeness (QED) is 0.134. The molecule has 4 unspecified atom stereocenters. The number of carboxylic acids is 1. The van der Waals surface area contributed by atoms with Crippen LogP contribution in [0.15, 0.2) is 43.0 Å². The van der Waals surface area contributed by atoms with E-state index in [1.807, 2.05) is 38.1 Å². The Morgan fingerprint density at radius 3 is 2.26 bits per heavy atom. The highest BCUT2D eigenvalue weighted by molar-refractivity contribution is 5.95. The molecule has 2 aromatic heterocycles. The molecular formula is C26H35N7O6. The van der Waals surface area contributed by atoms with E-state index in [0.717, 1.165) is 16.5 Å². The van der Waals surface area contributed by atoms with Crippen molar-refractivity contribution in [3.05, 3.63) is 54.2 Å². The number of nitrogens with two attached hydrogens (primary N) is 1. The van der Waals surface area contributed by atoms with E-state index in [4.69, 9.17) is 5.73 Å². The zero-order valence-corrected chi connectivity index (χ0v) is 21.8. The average molecular weight is 542 g/mol. The predicted octanol–water partition coefficient (Wildman–Crippen LogP) is -0.419. The van der Waals surface area contributed by atoms with Gasteiger partial charge in [-0.3, -0.25) is 14.4 Å². The Morgan fingerprint density at radius 2 is 1.62 bits per heavy atom. The van der Waals surface area contributed by atoms with Crippen molar-refractivity contribution in [2.45, 2.75) is 57.3 Å². The number of aliphatic carboxylic acids is 1. The maximum absolute atomic E-state index is 13.5. The number of H-pyrrole nitrogens is 2. The predicted molar refractivity (Wildman–Crippen MR) is 142 cm³/mol. The number of aromatic nitrogens is 3. The summed E-state index contributed by atoms with van der Waals surface area (Å²) in [5, 5.41) is 27.5. The monoisotopic (exact) mass is 541 g/mol. The number of aromatic amines is 2. The molecule has 210 valence electrons. The highest BCUT2D eigenvalue weighted by Crippen LogP contribution is 2.19. The number of benzene rings is 1. The molecule has 13 heteroatoms. The van der Waals surface area contributed by atoms with Gasteiger partial charge in [0.2, 0.25) is 17.7 Å². The third-order valence-electron chi connectivity index (χ3n) is 6.20. The van der Waals surface area contributed by atoms with Gasteiger partial charge in [0.15, 0.2) is 0 Å². The van der Waals surface area contributed by atoms with Gasteiger partial charge in [-0.2, -0.15) is 0 Å². The molecule has 3 aromatic rings. The number of hydrogen-bond donors (Lipinski definition) is 8. The third-order valence-corrected chi connectivity index (χ3v) is 6.20. The second-order valence-corrected chi connectivity index (χ2v) is 9.78. The second-order valence-electron chi connectivity index (χ2n) is 9.78. The summed E-state index contributed by atoms with van der Waals surface area (Å²) in [5.74, 6) is -3.32. The summed E-state index contributed by atoms with van der Waals surface area (Å²) in [6.45, 7) is 3.10. The Bertz CT molecular complexity index is 1270. The van der Waals surface area contributed by atoms with Crippen LogP contribution in [0, 0.1) is 5.92 Å². The normalized spacial score (nSPS) is 14.4. The first-order valence-electron chi connectivity index (χ1n) is 12.6. The first-order chi connectivity index (χ1) is 18.6. The van der Waals surface area contributed by atoms with Crippen molar-refractivity contribution in [2.24, 2.45) is 11.7 Å². The Balaban J connectivity index is 1.80. The third kappa shape index (κ3) is 8.12. The number of amides is 3. The van der Waals surface area contributed by atoms with E-state index in [1.54, 1.807) is 6.20 Å². The second kappa shape index (κ2) is 13.5. The van der Waals surface area contributed by atoms with E-state index in [0.29, 0.717) is 5.69 Å². The molecule has 0 radical (unpaired) electrons. The van der Waals surface area contributed by atoms with Crippen molar-refractivity contribution in [3.63, 3.8) is 0 Å². The number of aliphatic hydroxyl groups is 1. The van der Waals surface area contributed by atoms with E-state index < -0.39 is 54.5 Å². The molecule has 3 amide bonds. The van der Waals surface area contributed by atoms with E-state index in [2.05, 4.69) is 30.9 Å². The molecule has 2 heterocycles. The Hall–Kier alpha value is -4.23. The number of aliphatic hydroxyl groups excluding tert-OH is 1. The Labute approximate surface area is 225 Å². The number of carbonyl (C=O) groups is 4. The molecule has 0 saturated carbocycles. The number of imidazole rings is 1. The molecule has 0 fully saturated rings. The number of carboxylic acid groups (broad SMARTS) is 1. The number of rotatable bonds is 14. The number of fused-ring (bicyclic) bond motifs is 1. The minimum absolute atomic E-state index is 0.0261. The van der Waals surface area contributed by atoms with Gasteiger partial charge in [-0.15, -0.1) is 0 Å². The van der Waals surface area contributed by atoms with Crippen molar-refractivity contribution in [1.82, 2.24) is 30.9 Å². The first kappa shape index (κ1) is 29.3. The van der Waals surface area contributed by atoms with Crippen molar-refractivity contribution in [2.75, 3.05) is 6.61 Å². The van der Waals surface area contributed by atoms with Gasteiger partial charge in [0.1, 0.15) is 24.2 Å². The summed E-state index contributed by atoms with van der Waals surface area (Å²) in [6, 6.07) is 2.76. The molecule has 0 aliphatic carbocycles. The summed E-state index contributed by atoms with van der Waals surface area (Å²) in [4.78, 5) is 60.8. The molecule has 0 aliphatic heterocycles. The number of nitrogens with one attached hydrogen (secondary N) is 5. The van der Waals surface area contributed by atoms with Crippen molar-refractivity contribution in [3.8, 4) is 0 Å². The lowest BCUT2D eigenvalue weighted by Crippen LogP contribution is -2.58. The molecule has 0 bridgehead atoms. The van der Waals surface area contributed by atoms with Crippen molar-refractivity contribution < 1.29 is 29.4 Å². The zero-order valence-electron chi connectivity index (χ0n) is 21.8. The first-order valence-corrected chi connectivity index (χ1v) is 12.6. The van der Waals surface area contributed by atoms with Gasteiger partial charge in [-0.25, -0.2) is 9.78 Å². The van der Waals surface area contributed by atoms with Gasteiger partial charge in [0, 0.05) is 41.8 Å². The van der Waals surface area contributed by atoms with Crippen LogP contribution in [0.4, 0.5) is 0 Å². The SMILES string of the molecule is CC(C)CC(NC(=O)C(Cc1c[nH]c2ccccc12)NC(=O)C(N)CO)C(=O)NC(Cc1cnc[nH]1)C(=O)O. The van der Waals surface area contributed by atoms with Crippen LogP contribution in [0.25, 0.3) is 10.9 Å². The Kier molecular flexibility index (Phi) is 10.2.